The van der Waals surface area contributed by atoms with Gasteiger partial charge in [-0.05, 0) is 24.1 Å². The molecule has 0 spiro atoms. The highest BCUT2D eigenvalue weighted by Gasteiger charge is 2.26. The molecule has 7 heteroatoms. The van der Waals surface area contributed by atoms with Crippen LogP contribution >= 0.6 is 0 Å². The van der Waals surface area contributed by atoms with Gasteiger partial charge in [0, 0.05) is 12.8 Å². The van der Waals surface area contributed by atoms with Gasteiger partial charge in [0.05, 0.1) is 14.2 Å². The molecule has 0 fully saturated rings. The van der Waals surface area contributed by atoms with Crippen LogP contribution in [0.4, 0.5) is 4.39 Å². The number of methoxy groups -OCH3 is 2. The number of halogens is 1. The molecular formula is C19H25FO6. The van der Waals surface area contributed by atoms with Crippen molar-refractivity contribution in [2.45, 2.75) is 39.5 Å². The number of rotatable bonds is 8. The van der Waals surface area contributed by atoms with Crippen LogP contribution < -0.4 is 0 Å². The lowest BCUT2D eigenvalue weighted by atomic mass is 9.94. The van der Waals surface area contributed by atoms with Crippen LogP contribution in [0.15, 0.2) is 24.3 Å². The zero-order valence-electron chi connectivity index (χ0n) is 15.5. The van der Waals surface area contributed by atoms with Gasteiger partial charge in [-0.2, -0.15) is 0 Å². The topological polar surface area (TPSA) is 86.7 Å². The van der Waals surface area contributed by atoms with Crippen LogP contribution in [0.1, 0.15) is 38.7 Å². The fraction of sp³-hybridized carbons (Fsp3) is 0.474. The summed E-state index contributed by atoms with van der Waals surface area (Å²) in [6.45, 7) is 3.41. The third-order valence-electron chi connectivity index (χ3n) is 3.54. The average molecular weight is 368 g/mol. The minimum atomic E-state index is -0.796. The highest BCUT2D eigenvalue weighted by atomic mass is 19.1. The molecule has 0 heterocycles. The summed E-state index contributed by atoms with van der Waals surface area (Å²) in [5.74, 6) is -2.38. The number of ketones is 2. The van der Waals surface area contributed by atoms with Gasteiger partial charge in [0.1, 0.15) is 29.7 Å². The Morgan fingerprint density at radius 3 is 1.96 bits per heavy atom. The number of hydrogen-bond donors (Lipinski definition) is 0. The predicted molar refractivity (Wildman–Crippen MR) is 92.8 cm³/mol. The van der Waals surface area contributed by atoms with Gasteiger partial charge < -0.3 is 9.47 Å². The van der Waals surface area contributed by atoms with Crippen molar-refractivity contribution >= 4 is 23.5 Å². The largest absolute Gasteiger partial charge is 0.469 e. The molecule has 0 aliphatic heterocycles. The van der Waals surface area contributed by atoms with E-state index in [0.717, 1.165) is 5.56 Å². The zero-order valence-corrected chi connectivity index (χ0v) is 15.5. The maximum atomic E-state index is 12.7. The first-order chi connectivity index (χ1) is 12.3. The van der Waals surface area contributed by atoms with Crippen LogP contribution in [-0.2, 0) is 35.1 Å². The van der Waals surface area contributed by atoms with E-state index in [1.54, 1.807) is 26.0 Å². The maximum absolute atomic E-state index is 12.7. The van der Waals surface area contributed by atoms with E-state index in [9.17, 15) is 23.6 Å². The number of Topliss-reactive ketones (excluding diaryl/α,β-unsaturated/α-hetero) is 2. The summed E-state index contributed by atoms with van der Waals surface area (Å²) in [7, 11) is 2.52. The van der Waals surface area contributed by atoms with E-state index >= 15 is 0 Å². The van der Waals surface area contributed by atoms with E-state index < -0.39 is 17.9 Å². The smallest absolute Gasteiger partial charge is 0.316 e. The van der Waals surface area contributed by atoms with E-state index in [4.69, 9.17) is 0 Å². The number of esters is 2. The summed E-state index contributed by atoms with van der Waals surface area (Å²) in [5.41, 5.74) is 0.739. The average Bonchev–Trinajstić information content (AvgIpc) is 2.66. The van der Waals surface area contributed by atoms with Gasteiger partial charge >= 0.3 is 11.9 Å². The molecule has 1 unspecified atom stereocenters. The summed E-state index contributed by atoms with van der Waals surface area (Å²) in [5, 5.41) is 0. The Balaban J connectivity index is 0.000000590. The highest BCUT2D eigenvalue weighted by molar-refractivity contribution is 5.99. The maximum Gasteiger partial charge on any atom is 0.316 e. The molecule has 1 rings (SSSR count). The summed E-state index contributed by atoms with van der Waals surface area (Å²) >= 11 is 0. The highest BCUT2D eigenvalue weighted by Crippen LogP contribution is 2.14. The van der Waals surface area contributed by atoms with Gasteiger partial charge in [-0.25, -0.2) is 4.39 Å². The quantitative estimate of drug-likeness (QED) is 0.518. The van der Waals surface area contributed by atoms with E-state index in [1.165, 1.54) is 26.4 Å². The minimum absolute atomic E-state index is 0.0816. The first-order valence-electron chi connectivity index (χ1n) is 8.22. The third kappa shape index (κ3) is 9.05. The van der Waals surface area contributed by atoms with Crippen LogP contribution in [0.5, 0.6) is 0 Å². The molecule has 0 aliphatic carbocycles. The molecule has 1 aromatic rings. The third-order valence-corrected chi connectivity index (χ3v) is 3.54. The molecule has 0 saturated carbocycles. The Bertz CT molecular complexity index is 579. The Kier molecular flexibility index (Phi) is 11.5. The first-order valence-corrected chi connectivity index (χ1v) is 8.22. The molecular weight excluding hydrogens is 343 g/mol. The predicted octanol–water partition coefficient (Wildman–Crippen LogP) is 2.67. The second kappa shape index (κ2) is 12.7. The summed E-state index contributed by atoms with van der Waals surface area (Å²) < 4.78 is 21.6. The molecule has 1 aromatic carbocycles. The monoisotopic (exact) mass is 368 g/mol. The summed E-state index contributed by atoms with van der Waals surface area (Å²) in [6.07, 6.45) is 0.836. The van der Waals surface area contributed by atoms with Crippen molar-refractivity contribution < 1.29 is 33.0 Å². The Morgan fingerprint density at radius 2 is 1.54 bits per heavy atom. The fourth-order valence-electron chi connectivity index (χ4n) is 1.93. The Labute approximate surface area is 152 Å². The van der Waals surface area contributed by atoms with Crippen LogP contribution in [0.3, 0.4) is 0 Å². The van der Waals surface area contributed by atoms with Crippen molar-refractivity contribution in [1.29, 1.82) is 0 Å². The van der Waals surface area contributed by atoms with Crippen LogP contribution in [0.25, 0.3) is 0 Å². The van der Waals surface area contributed by atoms with Crippen LogP contribution in [-0.4, -0.2) is 37.7 Å². The normalized spacial score (nSPS) is 10.8. The van der Waals surface area contributed by atoms with Crippen molar-refractivity contribution in [3.8, 4) is 0 Å². The lowest BCUT2D eigenvalue weighted by molar-refractivity contribution is -0.149. The van der Waals surface area contributed by atoms with Crippen molar-refractivity contribution in [1.82, 2.24) is 0 Å². The second-order valence-corrected chi connectivity index (χ2v) is 5.37. The SMILES string of the molecule is CCC(=O)C(Cc1ccc(F)cc1)C(=O)OC.CCC(=O)CC(=O)OC. The number of carbonyl (C=O) groups excluding carboxylic acids is 4. The van der Waals surface area contributed by atoms with Crippen LogP contribution in [0, 0.1) is 11.7 Å². The van der Waals surface area contributed by atoms with Crippen LogP contribution in [0.2, 0.25) is 0 Å². The van der Waals surface area contributed by atoms with E-state index in [2.05, 4.69) is 9.47 Å². The van der Waals surface area contributed by atoms with Gasteiger partial charge in [-0.1, -0.05) is 26.0 Å². The van der Waals surface area contributed by atoms with Gasteiger partial charge in [0.2, 0.25) is 0 Å². The number of benzene rings is 1. The van der Waals surface area contributed by atoms with E-state index in [0.29, 0.717) is 6.42 Å². The standard InChI is InChI=1S/C13H15FO3.C6H10O3/c1-3-12(15)11(13(16)17-2)8-9-4-6-10(14)7-5-9;1-3-5(7)4-6(8)9-2/h4-7,11H,3,8H2,1-2H3;3-4H2,1-2H3. The number of carbonyl (C=O) groups is 4. The number of ether oxygens (including phenoxy) is 2. The lowest BCUT2D eigenvalue weighted by Gasteiger charge is -2.12. The van der Waals surface area contributed by atoms with Crippen molar-refractivity contribution in [3.05, 3.63) is 35.6 Å². The van der Waals surface area contributed by atoms with Gasteiger partial charge in [-0.3, -0.25) is 19.2 Å². The van der Waals surface area contributed by atoms with Gasteiger partial charge in [0.25, 0.3) is 0 Å². The number of hydrogen-bond acceptors (Lipinski definition) is 6. The molecule has 0 N–H and O–H groups in total. The van der Waals surface area contributed by atoms with E-state index in [1.807, 2.05) is 0 Å². The molecule has 0 aliphatic rings. The van der Waals surface area contributed by atoms with Gasteiger partial charge in [-0.15, -0.1) is 0 Å². The zero-order chi connectivity index (χ0) is 20.1. The Morgan fingerprint density at radius 1 is 0.962 bits per heavy atom. The summed E-state index contributed by atoms with van der Waals surface area (Å²) in [4.78, 5) is 43.9. The first kappa shape index (κ1) is 23.4. The van der Waals surface area contributed by atoms with Crippen molar-refractivity contribution in [2.75, 3.05) is 14.2 Å². The molecule has 144 valence electrons. The second-order valence-electron chi connectivity index (χ2n) is 5.37. The van der Waals surface area contributed by atoms with Crippen molar-refractivity contribution in [3.63, 3.8) is 0 Å². The molecule has 0 radical (unpaired) electrons. The van der Waals surface area contributed by atoms with Gasteiger partial charge in [0.15, 0.2) is 0 Å². The van der Waals surface area contributed by atoms with E-state index in [-0.39, 0.29) is 36.6 Å². The molecule has 6 nitrogen and oxygen atoms in total. The molecule has 26 heavy (non-hydrogen) atoms. The lowest BCUT2D eigenvalue weighted by Crippen LogP contribution is -2.26. The molecule has 0 bridgehead atoms. The van der Waals surface area contributed by atoms with Crippen molar-refractivity contribution in [2.24, 2.45) is 5.92 Å². The summed E-state index contributed by atoms with van der Waals surface area (Å²) in [6, 6.07) is 5.74. The fourth-order valence-corrected chi connectivity index (χ4v) is 1.93. The minimum Gasteiger partial charge on any atom is -0.469 e. The molecule has 0 aromatic heterocycles. The molecule has 1 atom stereocenters. The molecule has 0 saturated heterocycles. The molecule has 0 amide bonds. The Hall–Kier alpha value is -2.57.